The molecule has 0 heterocycles. The molecule has 19 heavy (non-hydrogen) atoms. The Hall–Kier alpha value is -2.14. The summed E-state index contributed by atoms with van der Waals surface area (Å²) in [4.78, 5) is 2.18. The number of nitrogens with one attached hydrogen (secondary N) is 1. The SMILES string of the molecule is CS(=O)(=O)NN=C(c1ccccc1)c1ccccc1. The number of hydrazone groups is 1. The van der Waals surface area contributed by atoms with E-state index in [1.54, 1.807) is 0 Å². The summed E-state index contributed by atoms with van der Waals surface area (Å²) in [5, 5.41) is 4.01. The predicted octanol–water partition coefficient (Wildman–Crippen LogP) is 1.99. The summed E-state index contributed by atoms with van der Waals surface area (Å²) in [5.41, 5.74) is 2.29. The van der Waals surface area contributed by atoms with Crippen LogP contribution < -0.4 is 4.83 Å². The van der Waals surface area contributed by atoms with Gasteiger partial charge < -0.3 is 0 Å². The summed E-state index contributed by atoms with van der Waals surface area (Å²) in [6, 6.07) is 18.9. The van der Waals surface area contributed by atoms with E-state index in [2.05, 4.69) is 9.93 Å². The minimum absolute atomic E-state index is 0.589. The zero-order valence-electron chi connectivity index (χ0n) is 10.4. The molecule has 98 valence electrons. The highest BCUT2D eigenvalue weighted by atomic mass is 32.2. The fraction of sp³-hybridized carbons (Fsp3) is 0.0714. The first-order valence-corrected chi connectivity index (χ1v) is 7.61. The minimum atomic E-state index is -3.37. The first kappa shape index (κ1) is 13.3. The van der Waals surface area contributed by atoms with E-state index >= 15 is 0 Å². The average Bonchev–Trinajstić information content (AvgIpc) is 2.40. The van der Waals surface area contributed by atoms with Crippen LogP contribution in [0.5, 0.6) is 0 Å². The fourth-order valence-corrected chi connectivity index (χ4v) is 1.87. The highest BCUT2D eigenvalue weighted by Gasteiger charge is 2.07. The Morgan fingerprint density at radius 3 is 1.68 bits per heavy atom. The van der Waals surface area contributed by atoms with Crippen LogP contribution in [0, 0.1) is 0 Å². The molecule has 0 aliphatic rings. The molecule has 0 aliphatic carbocycles. The molecule has 0 atom stereocenters. The maximum Gasteiger partial charge on any atom is 0.244 e. The molecule has 0 bridgehead atoms. The molecule has 5 heteroatoms. The maximum absolute atomic E-state index is 11.2. The lowest BCUT2D eigenvalue weighted by molar-refractivity contribution is 0.590. The number of nitrogens with zero attached hydrogens (tertiary/aromatic N) is 1. The maximum atomic E-state index is 11.2. The van der Waals surface area contributed by atoms with Crippen molar-refractivity contribution in [1.82, 2.24) is 4.83 Å². The summed E-state index contributed by atoms with van der Waals surface area (Å²) in [6.45, 7) is 0. The van der Waals surface area contributed by atoms with Crippen molar-refractivity contribution in [1.29, 1.82) is 0 Å². The van der Waals surface area contributed by atoms with Crippen LogP contribution in [-0.2, 0) is 10.0 Å². The van der Waals surface area contributed by atoms with Crippen LogP contribution >= 0.6 is 0 Å². The smallest absolute Gasteiger partial charge is 0.206 e. The second-order valence-corrected chi connectivity index (χ2v) is 5.78. The topological polar surface area (TPSA) is 58.5 Å². The summed E-state index contributed by atoms with van der Waals surface area (Å²) in [5.74, 6) is 0. The third-order valence-corrected chi connectivity index (χ3v) is 2.84. The van der Waals surface area contributed by atoms with Gasteiger partial charge in [-0.2, -0.15) is 5.10 Å². The van der Waals surface area contributed by atoms with Crippen molar-refractivity contribution in [2.75, 3.05) is 6.26 Å². The van der Waals surface area contributed by atoms with Crippen molar-refractivity contribution in [2.45, 2.75) is 0 Å². The zero-order valence-corrected chi connectivity index (χ0v) is 11.3. The third-order valence-electron chi connectivity index (χ3n) is 2.42. The Morgan fingerprint density at radius 2 is 1.32 bits per heavy atom. The number of benzene rings is 2. The molecular formula is C14H14N2O2S. The molecule has 0 unspecified atom stereocenters. The lowest BCUT2D eigenvalue weighted by Gasteiger charge is -2.07. The standard InChI is InChI=1S/C14H14N2O2S/c1-19(17,18)16-15-14(12-8-4-2-5-9-12)13-10-6-3-7-11-13/h2-11,16H,1H3. The predicted molar refractivity (Wildman–Crippen MR) is 76.5 cm³/mol. The molecule has 0 saturated heterocycles. The monoisotopic (exact) mass is 274 g/mol. The fourth-order valence-electron chi connectivity index (χ4n) is 1.62. The quantitative estimate of drug-likeness (QED) is 0.684. The molecule has 0 amide bonds. The molecule has 0 radical (unpaired) electrons. The lowest BCUT2D eigenvalue weighted by atomic mass is 10.0. The van der Waals surface area contributed by atoms with Crippen molar-refractivity contribution >= 4 is 15.7 Å². The second-order valence-electron chi connectivity index (χ2n) is 4.06. The molecule has 0 aliphatic heterocycles. The van der Waals surface area contributed by atoms with Crippen LogP contribution in [0.3, 0.4) is 0 Å². The van der Waals surface area contributed by atoms with Gasteiger partial charge in [-0.15, -0.1) is 0 Å². The van der Waals surface area contributed by atoms with Gasteiger partial charge in [-0.1, -0.05) is 60.7 Å². The van der Waals surface area contributed by atoms with E-state index in [1.807, 2.05) is 60.7 Å². The van der Waals surface area contributed by atoms with Gasteiger partial charge in [0.2, 0.25) is 10.0 Å². The van der Waals surface area contributed by atoms with Gasteiger partial charge >= 0.3 is 0 Å². The van der Waals surface area contributed by atoms with Crippen LogP contribution in [0.25, 0.3) is 0 Å². The van der Waals surface area contributed by atoms with E-state index < -0.39 is 10.0 Å². The van der Waals surface area contributed by atoms with Gasteiger partial charge in [0.25, 0.3) is 0 Å². The van der Waals surface area contributed by atoms with Crippen LogP contribution in [0.1, 0.15) is 11.1 Å². The molecule has 0 spiro atoms. The summed E-state index contributed by atoms with van der Waals surface area (Å²) in [6.07, 6.45) is 1.07. The highest BCUT2D eigenvalue weighted by molar-refractivity contribution is 7.88. The van der Waals surface area contributed by atoms with Gasteiger partial charge in [0.15, 0.2) is 0 Å². The van der Waals surface area contributed by atoms with E-state index in [0.29, 0.717) is 5.71 Å². The molecule has 2 aromatic carbocycles. The van der Waals surface area contributed by atoms with Crippen LogP contribution in [-0.4, -0.2) is 20.4 Å². The molecule has 0 fully saturated rings. The Kier molecular flexibility index (Phi) is 3.97. The summed E-state index contributed by atoms with van der Waals surface area (Å²) < 4.78 is 22.4. The van der Waals surface area contributed by atoms with Gasteiger partial charge in [-0.3, -0.25) is 0 Å². The largest absolute Gasteiger partial charge is 0.244 e. The van der Waals surface area contributed by atoms with Gasteiger partial charge in [-0.25, -0.2) is 13.2 Å². The van der Waals surface area contributed by atoms with Crippen LogP contribution in [0.2, 0.25) is 0 Å². The second kappa shape index (κ2) is 5.67. The number of sulfonamides is 1. The molecule has 1 N–H and O–H groups in total. The lowest BCUT2D eigenvalue weighted by Crippen LogP contribution is -2.19. The molecule has 2 rings (SSSR count). The van der Waals surface area contributed by atoms with Gasteiger partial charge in [0.1, 0.15) is 0 Å². The Morgan fingerprint density at radius 1 is 0.895 bits per heavy atom. The van der Waals surface area contributed by atoms with Gasteiger partial charge in [-0.05, 0) is 0 Å². The first-order chi connectivity index (χ1) is 9.06. The van der Waals surface area contributed by atoms with E-state index in [4.69, 9.17) is 0 Å². The van der Waals surface area contributed by atoms with E-state index in [0.717, 1.165) is 17.4 Å². The molecular weight excluding hydrogens is 260 g/mol. The van der Waals surface area contributed by atoms with Crippen LogP contribution in [0.15, 0.2) is 65.8 Å². The molecule has 0 saturated carbocycles. The van der Waals surface area contributed by atoms with Gasteiger partial charge in [0.05, 0.1) is 12.0 Å². The normalized spacial score (nSPS) is 10.8. The number of rotatable bonds is 4. The zero-order chi connectivity index (χ0) is 13.7. The Labute approximate surface area is 112 Å². The Balaban J connectivity index is 2.46. The average molecular weight is 274 g/mol. The Bertz CT molecular complexity index is 624. The molecule has 0 aromatic heterocycles. The van der Waals surface area contributed by atoms with Crippen LogP contribution in [0.4, 0.5) is 0 Å². The summed E-state index contributed by atoms with van der Waals surface area (Å²) in [7, 11) is -3.37. The highest BCUT2D eigenvalue weighted by Crippen LogP contribution is 2.10. The van der Waals surface area contributed by atoms with Crippen molar-refractivity contribution in [2.24, 2.45) is 5.10 Å². The van der Waals surface area contributed by atoms with E-state index in [-0.39, 0.29) is 0 Å². The van der Waals surface area contributed by atoms with Gasteiger partial charge in [0, 0.05) is 11.1 Å². The molecule has 4 nitrogen and oxygen atoms in total. The summed E-state index contributed by atoms with van der Waals surface area (Å²) >= 11 is 0. The van der Waals surface area contributed by atoms with Crippen molar-refractivity contribution < 1.29 is 8.42 Å². The third kappa shape index (κ3) is 3.93. The van der Waals surface area contributed by atoms with Crippen molar-refractivity contribution in [3.8, 4) is 0 Å². The van der Waals surface area contributed by atoms with E-state index in [9.17, 15) is 8.42 Å². The van der Waals surface area contributed by atoms with E-state index in [1.165, 1.54) is 0 Å². The number of hydrogen-bond acceptors (Lipinski definition) is 3. The van der Waals surface area contributed by atoms with Crippen molar-refractivity contribution in [3.05, 3.63) is 71.8 Å². The number of hydrogen-bond donors (Lipinski definition) is 1. The molecule has 2 aromatic rings. The van der Waals surface area contributed by atoms with Crippen molar-refractivity contribution in [3.63, 3.8) is 0 Å². The minimum Gasteiger partial charge on any atom is -0.206 e. The first-order valence-electron chi connectivity index (χ1n) is 5.71.